The zero-order valence-corrected chi connectivity index (χ0v) is 8.82. The zero-order valence-electron chi connectivity index (χ0n) is 7.93. The van der Waals surface area contributed by atoms with Crippen LogP contribution in [0.15, 0.2) is 0 Å². The lowest BCUT2D eigenvalue weighted by Crippen LogP contribution is -2.33. The van der Waals surface area contributed by atoms with Crippen molar-refractivity contribution in [1.29, 1.82) is 0 Å². The molecule has 0 heterocycles. The van der Waals surface area contributed by atoms with Crippen LogP contribution >= 0.6 is 12.6 Å². The maximum absolute atomic E-state index is 11.2. The van der Waals surface area contributed by atoms with E-state index in [0.717, 1.165) is 25.7 Å². The normalized spacial score (nSPS) is 20.9. The van der Waals surface area contributed by atoms with Gasteiger partial charge < -0.3 is 14.9 Å². The van der Waals surface area contributed by atoms with Crippen molar-refractivity contribution in [2.75, 3.05) is 0 Å². The molecule has 1 aliphatic rings. The Morgan fingerprint density at radius 3 is 2.36 bits per heavy atom. The Morgan fingerprint density at radius 1 is 1.29 bits per heavy atom. The van der Waals surface area contributed by atoms with Crippen molar-refractivity contribution in [3.8, 4) is 0 Å². The van der Waals surface area contributed by atoms with E-state index in [1.165, 1.54) is 6.42 Å². The lowest BCUT2D eigenvalue weighted by Gasteiger charge is -2.23. The first kappa shape index (κ1) is 11.8. The van der Waals surface area contributed by atoms with Crippen LogP contribution in [0.3, 0.4) is 0 Å². The Bertz CT molecular complexity index is 189. The highest BCUT2D eigenvalue weighted by atomic mass is 32.1. The molecule has 0 spiro atoms. The van der Waals surface area contributed by atoms with Crippen molar-refractivity contribution in [3.05, 3.63) is 0 Å². The predicted molar refractivity (Wildman–Crippen MR) is 54.0 cm³/mol. The molecule has 82 valence electrons. The fourth-order valence-corrected chi connectivity index (χ4v) is 1.60. The molecule has 1 rings (SSSR count). The Kier molecular flexibility index (Phi) is 4.71. The number of carbonyl (C=O) groups excluding carboxylic acids is 1. The molecule has 0 aliphatic heterocycles. The van der Waals surface area contributed by atoms with Crippen molar-refractivity contribution < 1.29 is 19.7 Å². The van der Waals surface area contributed by atoms with Crippen LogP contribution in [0.5, 0.6) is 0 Å². The van der Waals surface area contributed by atoms with Crippen molar-refractivity contribution in [2.45, 2.75) is 49.7 Å². The van der Waals surface area contributed by atoms with E-state index in [1.54, 1.807) is 0 Å². The average molecular weight is 220 g/mol. The zero-order chi connectivity index (χ0) is 10.6. The summed E-state index contributed by atoms with van der Waals surface area (Å²) in [4.78, 5) is 11.2. The third-order valence-corrected chi connectivity index (χ3v) is 2.84. The van der Waals surface area contributed by atoms with Gasteiger partial charge in [-0.3, -0.25) is 4.79 Å². The number of carbonyl (C=O) groups is 1. The average Bonchev–Trinajstić information content (AvgIpc) is 2.18. The first-order valence-electron chi connectivity index (χ1n) is 4.86. The molecule has 4 nitrogen and oxygen atoms in total. The molecule has 1 saturated carbocycles. The predicted octanol–water partition coefficient (Wildman–Crippen LogP) is 0.471. The summed E-state index contributed by atoms with van der Waals surface area (Å²) in [5.74, 6) is -0.643. The maximum atomic E-state index is 11.2. The summed E-state index contributed by atoms with van der Waals surface area (Å²) in [6.45, 7) is 0. The fraction of sp³-hybridized carbons (Fsp3) is 0.889. The number of rotatable bonds is 3. The molecular weight excluding hydrogens is 204 g/mol. The Morgan fingerprint density at radius 2 is 1.86 bits per heavy atom. The second-order valence-corrected chi connectivity index (χ2v) is 4.11. The van der Waals surface area contributed by atoms with Gasteiger partial charge in [-0.1, -0.05) is 6.42 Å². The second-order valence-electron chi connectivity index (χ2n) is 3.56. The van der Waals surface area contributed by atoms with E-state index in [0.29, 0.717) is 0 Å². The van der Waals surface area contributed by atoms with E-state index in [4.69, 9.17) is 14.9 Å². The molecule has 0 aromatic rings. The van der Waals surface area contributed by atoms with Gasteiger partial charge in [0.1, 0.15) is 6.10 Å². The second kappa shape index (κ2) is 5.58. The summed E-state index contributed by atoms with van der Waals surface area (Å²) in [5.41, 5.74) is 0. The first-order valence-corrected chi connectivity index (χ1v) is 5.37. The van der Waals surface area contributed by atoms with E-state index >= 15 is 0 Å². The van der Waals surface area contributed by atoms with Gasteiger partial charge in [0.15, 0.2) is 11.5 Å². The molecule has 1 aliphatic carbocycles. The van der Waals surface area contributed by atoms with Crippen LogP contribution in [0.4, 0.5) is 0 Å². The van der Waals surface area contributed by atoms with Crippen molar-refractivity contribution in [2.24, 2.45) is 0 Å². The largest absolute Gasteiger partial charge is 0.461 e. The smallest absolute Gasteiger partial charge is 0.324 e. The summed E-state index contributed by atoms with van der Waals surface area (Å²) in [6.07, 6.45) is 3.23. The van der Waals surface area contributed by atoms with Crippen molar-refractivity contribution in [1.82, 2.24) is 0 Å². The van der Waals surface area contributed by atoms with Gasteiger partial charge in [0, 0.05) is 0 Å². The molecule has 2 N–H and O–H groups in total. The van der Waals surface area contributed by atoms with Crippen molar-refractivity contribution >= 4 is 18.6 Å². The standard InChI is InChI=1S/C9H16O4S/c10-8(11)7(14)9(12)13-6-4-2-1-3-5-6/h6-8,10-11,14H,1-5H2. The molecule has 1 fully saturated rings. The maximum Gasteiger partial charge on any atom is 0.324 e. The number of aliphatic hydroxyl groups excluding tert-OH is 1. The van der Waals surface area contributed by atoms with Crippen LogP contribution in [0.25, 0.3) is 0 Å². The highest BCUT2D eigenvalue weighted by molar-refractivity contribution is 7.81. The summed E-state index contributed by atoms with van der Waals surface area (Å²) in [7, 11) is 0. The molecule has 0 aromatic carbocycles. The van der Waals surface area contributed by atoms with Gasteiger partial charge >= 0.3 is 5.97 Å². The third-order valence-electron chi connectivity index (χ3n) is 2.36. The minimum absolute atomic E-state index is 0.0651. The van der Waals surface area contributed by atoms with Gasteiger partial charge in [0.05, 0.1) is 0 Å². The van der Waals surface area contributed by atoms with Gasteiger partial charge in [-0.2, -0.15) is 12.6 Å². The van der Waals surface area contributed by atoms with Crippen LogP contribution < -0.4 is 0 Å². The highest BCUT2D eigenvalue weighted by Gasteiger charge is 2.26. The van der Waals surface area contributed by atoms with E-state index in [9.17, 15) is 4.79 Å². The molecular formula is C9H16O4S. The Labute approximate surface area is 88.7 Å². The van der Waals surface area contributed by atoms with E-state index in [2.05, 4.69) is 12.6 Å². The molecule has 0 amide bonds. The van der Waals surface area contributed by atoms with Crippen LogP contribution in [-0.4, -0.2) is 33.8 Å². The van der Waals surface area contributed by atoms with Gasteiger partial charge in [0.2, 0.25) is 0 Å². The highest BCUT2D eigenvalue weighted by Crippen LogP contribution is 2.21. The van der Waals surface area contributed by atoms with Gasteiger partial charge in [-0.05, 0) is 25.7 Å². The van der Waals surface area contributed by atoms with Gasteiger partial charge in [-0.25, -0.2) is 0 Å². The minimum Gasteiger partial charge on any atom is -0.461 e. The summed E-state index contributed by atoms with van der Waals surface area (Å²) >= 11 is 3.74. The summed E-state index contributed by atoms with van der Waals surface area (Å²) in [5, 5.41) is 16.2. The summed E-state index contributed by atoms with van der Waals surface area (Å²) < 4.78 is 5.08. The van der Waals surface area contributed by atoms with E-state index in [-0.39, 0.29) is 6.10 Å². The first-order chi connectivity index (χ1) is 6.61. The number of hydrogen-bond donors (Lipinski definition) is 3. The number of esters is 1. The quantitative estimate of drug-likeness (QED) is 0.367. The summed E-state index contributed by atoms with van der Waals surface area (Å²) in [6, 6.07) is 0. The molecule has 1 unspecified atom stereocenters. The number of aliphatic hydroxyl groups is 2. The van der Waals surface area contributed by atoms with Crippen LogP contribution in [-0.2, 0) is 9.53 Å². The van der Waals surface area contributed by atoms with Gasteiger partial charge in [0.25, 0.3) is 0 Å². The molecule has 0 saturated heterocycles. The topological polar surface area (TPSA) is 66.8 Å². The molecule has 0 bridgehead atoms. The molecule has 14 heavy (non-hydrogen) atoms. The number of ether oxygens (including phenoxy) is 1. The molecule has 1 atom stereocenters. The minimum atomic E-state index is -1.76. The van der Waals surface area contributed by atoms with Crippen LogP contribution in [0.1, 0.15) is 32.1 Å². The van der Waals surface area contributed by atoms with Crippen LogP contribution in [0.2, 0.25) is 0 Å². The lowest BCUT2D eigenvalue weighted by molar-refractivity contribution is -0.157. The number of thiol groups is 1. The lowest BCUT2D eigenvalue weighted by atomic mass is 9.98. The monoisotopic (exact) mass is 220 g/mol. The molecule has 0 radical (unpaired) electrons. The van der Waals surface area contributed by atoms with Crippen molar-refractivity contribution in [3.63, 3.8) is 0 Å². The molecule has 5 heteroatoms. The van der Waals surface area contributed by atoms with Crippen LogP contribution in [0, 0.1) is 0 Å². The Balaban J connectivity index is 2.31. The van der Waals surface area contributed by atoms with Gasteiger partial charge in [-0.15, -0.1) is 0 Å². The SMILES string of the molecule is O=C(OC1CCCCC1)C(S)C(O)O. The fourth-order valence-electron chi connectivity index (χ4n) is 1.54. The third kappa shape index (κ3) is 3.48. The Hall–Kier alpha value is -0.260. The number of hydrogen-bond acceptors (Lipinski definition) is 5. The van der Waals surface area contributed by atoms with E-state index < -0.39 is 17.5 Å². The molecule has 0 aromatic heterocycles. The van der Waals surface area contributed by atoms with E-state index in [1.807, 2.05) is 0 Å².